The summed E-state index contributed by atoms with van der Waals surface area (Å²) in [4.78, 5) is 24.2. The second-order valence-electron chi connectivity index (χ2n) is 1.14. The van der Waals surface area contributed by atoms with E-state index in [2.05, 4.69) is 5.50 Å². The molecule has 56 valence electrons. The molecular formula is H5NO5P2S. The van der Waals surface area contributed by atoms with Crippen molar-refractivity contribution in [3.63, 3.8) is 0 Å². The van der Waals surface area contributed by atoms with E-state index >= 15 is 0 Å². The smallest absolute Gasteiger partial charge is 0.325 e. The Hall–Kier alpha value is 0.650. The Morgan fingerprint density at radius 3 is 1.56 bits per heavy atom. The van der Waals surface area contributed by atoms with Gasteiger partial charge >= 0.3 is 13.5 Å². The first kappa shape index (κ1) is 9.65. The summed E-state index contributed by atoms with van der Waals surface area (Å²) in [6.45, 7) is -8.64. The Balaban J connectivity index is 4.07. The highest BCUT2D eigenvalue weighted by atomic mass is 33.1. The van der Waals surface area contributed by atoms with Gasteiger partial charge in [0.25, 0.3) is 0 Å². The molecule has 0 fully saturated rings. The topological polar surface area (TPSA) is 121 Å². The first-order chi connectivity index (χ1) is 3.71. The van der Waals surface area contributed by atoms with Crippen LogP contribution in [-0.2, 0) is 9.13 Å². The molecule has 0 saturated heterocycles. The van der Waals surface area contributed by atoms with Crippen molar-refractivity contribution < 1.29 is 23.8 Å². The SMILES string of the molecule is NP(=O)(O)SP(=O)(O)O. The lowest BCUT2D eigenvalue weighted by Gasteiger charge is -2.03. The molecule has 0 spiro atoms. The fraction of sp³-hybridized carbons (Fsp3) is 0. The van der Waals surface area contributed by atoms with E-state index in [9.17, 15) is 9.13 Å². The average Bonchev–Trinajstić information content (AvgIpc) is 1.14. The molecule has 1 unspecified atom stereocenters. The summed E-state index contributed by atoms with van der Waals surface area (Å²) in [6.07, 6.45) is 0. The van der Waals surface area contributed by atoms with Crippen LogP contribution in [0.3, 0.4) is 0 Å². The molecule has 0 aliphatic heterocycles. The van der Waals surface area contributed by atoms with Crippen LogP contribution in [0.2, 0.25) is 0 Å². The molecule has 0 rings (SSSR count). The maximum Gasteiger partial charge on any atom is 0.394 e. The Morgan fingerprint density at radius 2 is 1.56 bits per heavy atom. The van der Waals surface area contributed by atoms with E-state index in [0.29, 0.717) is 0 Å². The van der Waals surface area contributed by atoms with Crippen LogP contribution in [0.5, 0.6) is 0 Å². The largest absolute Gasteiger partial charge is 0.394 e. The van der Waals surface area contributed by atoms with Gasteiger partial charge in [0.2, 0.25) is 0 Å². The van der Waals surface area contributed by atoms with Crippen LogP contribution >= 0.6 is 24.5 Å². The minimum Gasteiger partial charge on any atom is -0.325 e. The minimum absolute atomic E-state index is 0.431. The van der Waals surface area contributed by atoms with E-state index < -0.39 is 24.5 Å². The Labute approximate surface area is 54.6 Å². The predicted molar refractivity (Wildman–Crippen MR) is 33.6 cm³/mol. The van der Waals surface area contributed by atoms with Crippen LogP contribution in [0.15, 0.2) is 0 Å². The Morgan fingerprint density at radius 1 is 1.22 bits per heavy atom. The van der Waals surface area contributed by atoms with Crippen molar-refractivity contribution >= 4 is 24.5 Å². The summed E-state index contributed by atoms with van der Waals surface area (Å²) in [5.41, 5.74) is 4.40. The van der Waals surface area contributed by atoms with Gasteiger partial charge in [-0.2, -0.15) is 0 Å². The van der Waals surface area contributed by atoms with E-state index in [-0.39, 0.29) is 0 Å². The summed E-state index contributed by atoms with van der Waals surface area (Å²) >= 11 is -0.431. The zero-order valence-corrected chi connectivity index (χ0v) is 6.64. The lowest BCUT2D eigenvalue weighted by Crippen LogP contribution is -1.86. The highest BCUT2D eigenvalue weighted by molar-refractivity contribution is 8.84. The molecule has 0 bridgehead atoms. The van der Waals surface area contributed by atoms with Crippen molar-refractivity contribution in [2.24, 2.45) is 5.50 Å². The monoisotopic (exact) mass is 193 g/mol. The molecule has 0 amide bonds. The van der Waals surface area contributed by atoms with Crippen LogP contribution in [0.25, 0.3) is 0 Å². The summed E-state index contributed by atoms with van der Waals surface area (Å²) < 4.78 is 19.9. The fourth-order valence-corrected chi connectivity index (χ4v) is 4.11. The molecule has 6 nitrogen and oxygen atoms in total. The van der Waals surface area contributed by atoms with Crippen molar-refractivity contribution in [3.8, 4) is 0 Å². The third-order valence-corrected chi connectivity index (χ3v) is 6.03. The summed E-state index contributed by atoms with van der Waals surface area (Å²) in [7, 11) is 0. The molecule has 9 heteroatoms. The number of nitrogens with two attached hydrogens (primary N) is 1. The lowest BCUT2D eigenvalue weighted by atomic mass is 13.9. The van der Waals surface area contributed by atoms with E-state index in [1.54, 1.807) is 0 Å². The van der Waals surface area contributed by atoms with E-state index in [1.807, 2.05) is 0 Å². The minimum atomic E-state index is -4.51. The molecule has 0 radical (unpaired) electrons. The fourth-order valence-electron chi connectivity index (χ4n) is 0.152. The maximum absolute atomic E-state index is 10.0. The number of hydrogen-bond donors (Lipinski definition) is 4. The predicted octanol–water partition coefficient (Wildman–Crippen LogP) is -0.129. The molecule has 9 heavy (non-hydrogen) atoms. The van der Waals surface area contributed by atoms with E-state index in [0.717, 1.165) is 0 Å². The van der Waals surface area contributed by atoms with Crippen LogP contribution in [-0.4, -0.2) is 14.7 Å². The molecule has 0 heterocycles. The third-order valence-electron chi connectivity index (χ3n) is 0.223. The highest BCUT2D eigenvalue weighted by Crippen LogP contribution is 2.68. The standard InChI is InChI=1S/H5NO5P2S/c1-7(2,3)9-8(4,5)6/h(H3,1,2,3)(H2,4,5,6). The molecule has 5 N–H and O–H groups in total. The van der Waals surface area contributed by atoms with E-state index in [1.165, 1.54) is 0 Å². The molecule has 0 saturated carbocycles. The van der Waals surface area contributed by atoms with Crippen molar-refractivity contribution in [2.75, 3.05) is 0 Å². The second-order valence-corrected chi connectivity index (χ2v) is 8.37. The van der Waals surface area contributed by atoms with Crippen molar-refractivity contribution in [1.82, 2.24) is 0 Å². The second kappa shape index (κ2) is 2.72. The van der Waals surface area contributed by atoms with Crippen molar-refractivity contribution in [1.29, 1.82) is 0 Å². The van der Waals surface area contributed by atoms with Gasteiger partial charge in [0.15, 0.2) is 0 Å². The van der Waals surface area contributed by atoms with Crippen LogP contribution in [0.1, 0.15) is 0 Å². The number of hydrogen-bond acceptors (Lipinski definition) is 3. The lowest BCUT2D eigenvalue weighted by molar-refractivity contribution is 0.397. The molecule has 0 aliphatic carbocycles. The zero-order valence-electron chi connectivity index (χ0n) is 4.04. The van der Waals surface area contributed by atoms with Crippen LogP contribution < -0.4 is 5.50 Å². The Kier molecular flexibility index (Phi) is 2.91. The molecule has 0 aromatic rings. The third kappa shape index (κ3) is 8.65. The maximum atomic E-state index is 10.0. The Bertz CT molecular complexity index is 155. The van der Waals surface area contributed by atoms with Crippen molar-refractivity contribution in [2.45, 2.75) is 0 Å². The highest BCUT2D eigenvalue weighted by Gasteiger charge is 2.26. The van der Waals surface area contributed by atoms with E-state index in [4.69, 9.17) is 14.7 Å². The van der Waals surface area contributed by atoms with Gasteiger partial charge in [-0.3, -0.25) is 10.1 Å². The van der Waals surface area contributed by atoms with Gasteiger partial charge in [-0.1, -0.05) is 0 Å². The van der Waals surface area contributed by atoms with Gasteiger partial charge in [-0.25, -0.2) is 4.57 Å². The quantitative estimate of drug-likeness (QED) is 0.450. The van der Waals surface area contributed by atoms with Crippen LogP contribution in [0, 0.1) is 0 Å². The van der Waals surface area contributed by atoms with Gasteiger partial charge in [0.05, 0.1) is 11.0 Å². The molecule has 0 aromatic carbocycles. The zero-order chi connectivity index (χ0) is 7.71. The average molecular weight is 193 g/mol. The number of rotatable bonds is 2. The molecule has 1 atom stereocenters. The van der Waals surface area contributed by atoms with Crippen LogP contribution in [0.4, 0.5) is 0 Å². The summed E-state index contributed by atoms with van der Waals surface area (Å²) in [5, 5.41) is 0. The van der Waals surface area contributed by atoms with Gasteiger partial charge < -0.3 is 14.7 Å². The first-order valence-corrected chi connectivity index (χ1v) is 6.96. The van der Waals surface area contributed by atoms with Gasteiger partial charge in [-0.15, -0.1) is 0 Å². The molecule has 0 aliphatic rings. The van der Waals surface area contributed by atoms with Gasteiger partial charge in [0, 0.05) is 0 Å². The molecular weight excluding hydrogens is 188 g/mol. The molecule has 0 aromatic heterocycles. The van der Waals surface area contributed by atoms with Crippen molar-refractivity contribution in [3.05, 3.63) is 0 Å². The summed E-state index contributed by atoms with van der Waals surface area (Å²) in [6, 6.07) is 0. The first-order valence-electron chi connectivity index (χ1n) is 1.59. The normalized spacial score (nSPS) is 19.1. The summed E-state index contributed by atoms with van der Waals surface area (Å²) in [5.74, 6) is 0. The van der Waals surface area contributed by atoms with Gasteiger partial charge in [0.1, 0.15) is 0 Å². The van der Waals surface area contributed by atoms with Gasteiger partial charge in [-0.05, 0) is 0 Å².